The number of rotatable bonds is 4. The van der Waals surface area contributed by atoms with Crippen LogP contribution in [-0.4, -0.2) is 35.2 Å². The van der Waals surface area contributed by atoms with Gasteiger partial charge in [0.15, 0.2) is 5.13 Å². The number of benzene rings is 1. The topological polar surface area (TPSA) is 73.3 Å². The van der Waals surface area contributed by atoms with E-state index in [1.807, 2.05) is 24.3 Å². The molecule has 2 aromatic heterocycles. The van der Waals surface area contributed by atoms with Gasteiger partial charge < -0.3 is 9.47 Å². The highest BCUT2D eigenvalue weighted by Crippen LogP contribution is 2.27. The van der Waals surface area contributed by atoms with Crippen LogP contribution in [-0.2, 0) is 4.74 Å². The van der Waals surface area contributed by atoms with Crippen molar-refractivity contribution in [2.45, 2.75) is 12.5 Å². The third kappa shape index (κ3) is 3.58. The van der Waals surface area contributed by atoms with E-state index in [0.29, 0.717) is 34.8 Å². The number of aromatic nitrogens is 2. The molecule has 3 aromatic rings. The van der Waals surface area contributed by atoms with E-state index < -0.39 is 0 Å². The summed E-state index contributed by atoms with van der Waals surface area (Å²) in [7, 11) is 0. The first-order valence-electron chi connectivity index (χ1n) is 7.76. The Labute approximate surface area is 152 Å². The molecule has 0 saturated carbocycles. The molecule has 1 saturated heterocycles. The number of hydrogen-bond acceptors (Lipinski definition) is 6. The maximum absolute atomic E-state index is 12.4. The van der Waals surface area contributed by atoms with Gasteiger partial charge in [0, 0.05) is 12.6 Å². The summed E-state index contributed by atoms with van der Waals surface area (Å²) in [5.41, 5.74) is 1.20. The summed E-state index contributed by atoms with van der Waals surface area (Å²) in [5, 5.41) is 3.60. The lowest BCUT2D eigenvalue weighted by Crippen LogP contribution is -2.17. The summed E-state index contributed by atoms with van der Waals surface area (Å²) >= 11 is 7.61. The molecule has 1 N–H and O–H groups in total. The first-order chi connectivity index (χ1) is 12.2. The van der Waals surface area contributed by atoms with Crippen molar-refractivity contribution in [2.75, 3.05) is 18.5 Å². The van der Waals surface area contributed by atoms with E-state index in [1.165, 1.54) is 17.5 Å². The quantitative estimate of drug-likeness (QED) is 0.751. The first kappa shape index (κ1) is 16.3. The molecule has 25 heavy (non-hydrogen) atoms. The molecule has 0 aliphatic carbocycles. The molecule has 1 aliphatic heterocycles. The summed E-state index contributed by atoms with van der Waals surface area (Å²) in [4.78, 5) is 20.9. The van der Waals surface area contributed by atoms with Crippen LogP contribution in [0.15, 0.2) is 36.5 Å². The third-order valence-corrected chi connectivity index (χ3v) is 4.97. The van der Waals surface area contributed by atoms with Gasteiger partial charge in [0.05, 0.1) is 29.0 Å². The van der Waals surface area contributed by atoms with Gasteiger partial charge in [0.25, 0.3) is 5.91 Å². The molecule has 0 bridgehead atoms. The highest BCUT2D eigenvalue weighted by atomic mass is 35.5. The Bertz CT molecular complexity index is 891. The summed E-state index contributed by atoms with van der Waals surface area (Å²) in [6, 6.07) is 9.25. The average Bonchev–Trinajstić information content (AvgIpc) is 3.25. The highest BCUT2D eigenvalue weighted by Gasteiger charge is 2.20. The standard InChI is InChI=1S/C17H14ClN3O3S/c18-12-7-10(8-19-16(12)24-11-5-6-23-9-11)15(22)21-17-20-13-3-1-2-4-14(13)25-17/h1-4,7-8,11H,5-6,9H2,(H,20,21,22). The molecular weight excluding hydrogens is 362 g/mol. The van der Waals surface area contributed by atoms with Gasteiger partial charge in [-0.2, -0.15) is 0 Å². The van der Waals surface area contributed by atoms with Gasteiger partial charge in [-0.15, -0.1) is 0 Å². The molecule has 0 radical (unpaired) electrons. The normalized spacial score (nSPS) is 16.9. The lowest BCUT2D eigenvalue weighted by molar-refractivity contribution is 0.102. The zero-order chi connectivity index (χ0) is 17.2. The SMILES string of the molecule is O=C(Nc1nc2ccccc2s1)c1cnc(OC2CCOC2)c(Cl)c1. The number of anilines is 1. The maximum atomic E-state index is 12.4. The van der Waals surface area contributed by atoms with Crippen molar-refractivity contribution in [3.63, 3.8) is 0 Å². The first-order valence-corrected chi connectivity index (χ1v) is 8.95. The second kappa shape index (κ2) is 6.95. The Morgan fingerprint density at radius 3 is 3.04 bits per heavy atom. The smallest absolute Gasteiger partial charge is 0.259 e. The summed E-state index contributed by atoms with van der Waals surface area (Å²) in [6.45, 7) is 1.20. The molecule has 3 heterocycles. The number of nitrogens with zero attached hydrogens (tertiary/aromatic N) is 2. The lowest BCUT2D eigenvalue weighted by Gasteiger charge is -2.12. The van der Waals surface area contributed by atoms with Crippen molar-refractivity contribution >= 4 is 44.2 Å². The van der Waals surface area contributed by atoms with E-state index in [9.17, 15) is 4.79 Å². The van der Waals surface area contributed by atoms with E-state index in [1.54, 1.807) is 6.07 Å². The van der Waals surface area contributed by atoms with Crippen LogP contribution in [0.2, 0.25) is 5.02 Å². The Morgan fingerprint density at radius 2 is 2.28 bits per heavy atom. The fourth-order valence-corrected chi connectivity index (χ4v) is 3.57. The zero-order valence-electron chi connectivity index (χ0n) is 13.1. The second-order valence-electron chi connectivity index (χ2n) is 5.56. The van der Waals surface area contributed by atoms with E-state index >= 15 is 0 Å². The Kier molecular flexibility index (Phi) is 4.52. The van der Waals surface area contributed by atoms with Crippen LogP contribution in [0.4, 0.5) is 5.13 Å². The minimum atomic E-state index is -0.316. The number of pyridine rings is 1. The Hall–Kier alpha value is -2.22. The van der Waals surface area contributed by atoms with E-state index in [-0.39, 0.29) is 12.0 Å². The summed E-state index contributed by atoms with van der Waals surface area (Å²) in [5.74, 6) is -0.00194. The minimum Gasteiger partial charge on any atom is -0.471 e. The van der Waals surface area contributed by atoms with Gasteiger partial charge >= 0.3 is 0 Å². The van der Waals surface area contributed by atoms with Gasteiger partial charge in [0.1, 0.15) is 11.1 Å². The van der Waals surface area contributed by atoms with Crippen molar-refractivity contribution < 1.29 is 14.3 Å². The fraction of sp³-hybridized carbons (Fsp3) is 0.235. The number of fused-ring (bicyclic) bond motifs is 1. The number of amides is 1. The van der Waals surface area contributed by atoms with Crippen molar-refractivity contribution in [1.29, 1.82) is 0 Å². The molecule has 128 valence electrons. The molecule has 1 atom stereocenters. The van der Waals surface area contributed by atoms with Crippen LogP contribution < -0.4 is 10.1 Å². The largest absolute Gasteiger partial charge is 0.471 e. The summed E-state index contributed by atoms with van der Waals surface area (Å²) in [6.07, 6.45) is 2.20. The molecule has 1 aromatic carbocycles. The van der Waals surface area contributed by atoms with Crippen molar-refractivity contribution in [1.82, 2.24) is 9.97 Å². The van der Waals surface area contributed by atoms with Gasteiger partial charge in [-0.3, -0.25) is 10.1 Å². The number of halogens is 1. The molecule has 1 unspecified atom stereocenters. The number of para-hydroxylation sites is 1. The number of carbonyl (C=O) groups is 1. The van der Waals surface area contributed by atoms with Crippen molar-refractivity contribution in [2.24, 2.45) is 0 Å². The van der Waals surface area contributed by atoms with Gasteiger partial charge in [-0.05, 0) is 18.2 Å². The lowest BCUT2D eigenvalue weighted by atomic mass is 10.2. The fourth-order valence-electron chi connectivity index (χ4n) is 2.49. The van der Waals surface area contributed by atoms with E-state index in [0.717, 1.165) is 16.6 Å². The Morgan fingerprint density at radius 1 is 1.40 bits per heavy atom. The van der Waals surface area contributed by atoms with Gasteiger partial charge in [-0.1, -0.05) is 35.1 Å². The molecule has 0 spiro atoms. The van der Waals surface area contributed by atoms with Crippen LogP contribution in [0.3, 0.4) is 0 Å². The monoisotopic (exact) mass is 375 g/mol. The number of ether oxygens (including phenoxy) is 2. The molecular formula is C17H14ClN3O3S. The third-order valence-electron chi connectivity index (χ3n) is 3.75. The number of nitrogens with one attached hydrogen (secondary N) is 1. The Balaban J connectivity index is 1.48. The number of carbonyl (C=O) groups excluding carboxylic acids is 1. The predicted octanol–water partition coefficient (Wildman–Crippen LogP) is 3.76. The highest BCUT2D eigenvalue weighted by molar-refractivity contribution is 7.22. The molecule has 8 heteroatoms. The van der Waals surface area contributed by atoms with Crippen LogP contribution in [0.5, 0.6) is 5.88 Å². The minimum absolute atomic E-state index is 0.0487. The molecule has 4 rings (SSSR count). The number of thiazole rings is 1. The molecule has 1 amide bonds. The van der Waals surface area contributed by atoms with Crippen LogP contribution in [0.25, 0.3) is 10.2 Å². The van der Waals surface area contributed by atoms with E-state index in [4.69, 9.17) is 21.1 Å². The van der Waals surface area contributed by atoms with Crippen LogP contribution >= 0.6 is 22.9 Å². The van der Waals surface area contributed by atoms with Gasteiger partial charge in [0.2, 0.25) is 5.88 Å². The number of hydrogen-bond donors (Lipinski definition) is 1. The predicted molar refractivity (Wildman–Crippen MR) is 96.7 cm³/mol. The van der Waals surface area contributed by atoms with Gasteiger partial charge in [-0.25, -0.2) is 9.97 Å². The second-order valence-corrected chi connectivity index (χ2v) is 6.99. The molecule has 1 aliphatic rings. The van der Waals surface area contributed by atoms with Crippen molar-refractivity contribution in [3.8, 4) is 5.88 Å². The maximum Gasteiger partial charge on any atom is 0.259 e. The van der Waals surface area contributed by atoms with Crippen molar-refractivity contribution in [3.05, 3.63) is 47.1 Å². The molecule has 6 nitrogen and oxygen atoms in total. The van der Waals surface area contributed by atoms with Crippen LogP contribution in [0, 0.1) is 0 Å². The zero-order valence-corrected chi connectivity index (χ0v) is 14.6. The summed E-state index contributed by atoms with van der Waals surface area (Å²) < 4.78 is 12.0. The average molecular weight is 376 g/mol. The van der Waals surface area contributed by atoms with E-state index in [2.05, 4.69) is 15.3 Å². The molecule has 1 fully saturated rings. The van der Waals surface area contributed by atoms with Crippen LogP contribution in [0.1, 0.15) is 16.8 Å².